The summed E-state index contributed by atoms with van der Waals surface area (Å²) < 4.78 is 28.6. The fraction of sp³-hybridized carbons (Fsp3) is 0.323. The van der Waals surface area contributed by atoms with E-state index in [1.54, 1.807) is 54.7 Å². The van der Waals surface area contributed by atoms with E-state index >= 15 is 0 Å². The highest BCUT2D eigenvalue weighted by atomic mass is 32.2. The maximum Gasteiger partial charge on any atom is 0.272 e. The molecule has 11 nitrogen and oxygen atoms in total. The lowest BCUT2D eigenvalue weighted by atomic mass is 9.98. The van der Waals surface area contributed by atoms with E-state index in [4.69, 9.17) is 0 Å². The maximum absolute atomic E-state index is 13.8. The van der Waals surface area contributed by atoms with E-state index in [0.29, 0.717) is 33.9 Å². The molecule has 6 rings (SSSR count). The molecule has 4 heterocycles. The summed E-state index contributed by atoms with van der Waals surface area (Å²) in [7, 11) is -1.72. The fourth-order valence-electron chi connectivity index (χ4n) is 5.85. The Bertz CT molecular complexity index is 1760. The SMILES string of the molecule is CN1CCN(c2ccc(C(=O)Cc3[nH]nc4c3CN(S(=O)(=O)c3ccccc3)C4(C)C)c(NC(=O)c3ccc[nH]3)c2)CC1. The van der Waals surface area contributed by atoms with Gasteiger partial charge in [0, 0.05) is 61.4 Å². The highest BCUT2D eigenvalue weighted by molar-refractivity contribution is 7.89. The molecule has 0 unspecified atom stereocenters. The number of piperazine rings is 1. The number of carbonyl (C=O) groups is 2. The molecule has 0 spiro atoms. The molecular weight excluding hydrogens is 566 g/mol. The number of anilines is 2. The molecule has 3 N–H and O–H groups in total. The second-order valence-electron chi connectivity index (χ2n) is 11.6. The third-order valence-electron chi connectivity index (χ3n) is 8.39. The smallest absolute Gasteiger partial charge is 0.272 e. The van der Waals surface area contributed by atoms with Crippen molar-refractivity contribution in [2.45, 2.75) is 37.2 Å². The van der Waals surface area contributed by atoms with E-state index in [-0.39, 0.29) is 29.6 Å². The number of hydrogen-bond acceptors (Lipinski definition) is 7. The molecule has 2 aromatic heterocycles. The van der Waals surface area contributed by atoms with Crippen LogP contribution in [0.5, 0.6) is 0 Å². The van der Waals surface area contributed by atoms with Crippen molar-refractivity contribution < 1.29 is 18.0 Å². The van der Waals surface area contributed by atoms with Crippen LogP contribution in [0.1, 0.15) is 51.6 Å². The molecule has 4 aromatic rings. The number of benzene rings is 2. The van der Waals surface area contributed by atoms with Crippen LogP contribution in [0.25, 0.3) is 0 Å². The van der Waals surface area contributed by atoms with Crippen LogP contribution in [0.4, 0.5) is 11.4 Å². The van der Waals surface area contributed by atoms with Crippen molar-refractivity contribution in [1.29, 1.82) is 0 Å². The summed E-state index contributed by atoms with van der Waals surface area (Å²) in [5.41, 5.74) is 3.04. The number of fused-ring (bicyclic) bond motifs is 1. The number of hydrogen-bond donors (Lipinski definition) is 3. The molecule has 0 atom stereocenters. The number of aromatic amines is 2. The Labute approximate surface area is 250 Å². The van der Waals surface area contributed by atoms with Crippen LogP contribution in [0, 0.1) is 0 Å². The van der Waals surface area contributed by atoms with Crippen LogP contribution in [0.15, 0.2) is 71.8 Å². The molecule has 43 heavy (non-hydrogen) atoms. The van der Waals surface area contributed by atoms with Gasteiger partial charge in [-0.1, -0.05) is 18.2 Å². The average Bonchev–Trinajstić information content (AvgIpc) is 3.73. The molecule has 1 fully saturated rings. The van der Waals surface area contributed by atoms with Gasteiger partial charge in [-0.25, -0.2) is 8.42 Å². The number of nitrogens with zero attached hydrogens (tertiary/aromatic N) is 4. The van der Waals surface area contributed by atoms with Gasteiger partial charge >= 0.3 is 0 Å². The predicted octanol–water partition coefficient (Wildman–Crippen LogP) is 3.61. The number of carbonyl (C=O) groups excluding carboxylic acids is 2. The minimum Gasteiger partial charge on any atom is -0.369 e. The summed E-state index contributed by atoms with van der Waals surface area (Å²) in [5, 5.41) is 10.4. The van der Waals surface area contributed by atoms with Gasteiger partial charge in [-0.2, -0.15) is 9.40 Å². The van der Waals surface area contributed by atoms with Gasteiger partial charge in [-0.15, -0.1) is 0 Å². The molecule has 2 aromatic carbocycles. The minimum atomic E-state index is -3.81. The molecule has 2 aliphatic rings. The zero-order valence-corrected chi connectivity index (χ0v) is 25.2. The van der Waals surface area contributed by atoms with Gasteiger partial charge in [0.15, 0.2) is 5.78 Å². The average molecular weight is 602 g/mol. The Morgan fingerprint density at radius 3 is 2.44 bits per heavy atom. The van der Waals surface area contributed by atoms with Gasteiger partial charge in [-0.05, 0) is 63.4 Å². The molecule has 0 radical (unpaired) electrons. The third kappa shape index (κ3) is 5.37. The quantitative estimate of drug-likeness (QED) is 0.263. The van der Waals surface area contributed by atoms with Crippen LogP contribution in [-0.2, 0) is 28.5 Å². The van der Waals surface area contributed by atoms with Crippen molar-refractivity contribution in [2.75, 3.05) is 43.4 Å². The number of amides is 1. The standard InChI is InChI=1S/C31H35N7O4S/c1-31(2)29-24(20-38(31)43(41,42)22-8-5-4-6-9-22)27(34-35-29)19-28(39)23-12-11-21(37-16-14-36(3)15-17-37)18-26(23)33-30(40)25-10-7-13-32-25/h4-13,18,32H,14-17,19-20H2,1-3H3,(H,33,40)(H,34,35). The normalized spacial score (nSPS) is 17.1. The van der Waals surface area contributed by atoms with Crippen molar-refractivity contribution in [1.82, 2.24) is 24.4 Å². The van der Waals surface area contributed by atoms with Crippen LogP contribution < -0.4 is 10.2 Å². The second kappa shape index (κ2) is 11.1. The van der Waals surface area contributed by atoms with E-state index in [2.05, 4.69) is 37.3 Å². The number of ketones is 1. The van der Waals surface area contributed by atoms with Crippen molar-refractivity contribution in [2.24, 2.45) is 0 Å². The lowest BCUT2D eigenvalue weighted by molar-refractivity contribution is 0.0992. The van der Waals surface area contributed by atoms with Crippen LogP contribution in [0.2, 0.25) is 0 Å². The monoisotopic (exact) mass is 601 g/mol. The summed E-state index contributed by atoms with van der Waals surface area (Å²) in [4.78, 5) is 34.5. The lowest BCUT2D eigenvalue weighted by Gasteiger charge is -2.34. The number of H-pyrrole nitrogens is 2. The Kier molecular flexibility index (Phi) is 7.45. The van der Waals surface area contributed by atoms with Crippen molar-refractivity contribution in [3.8, 4) is 0 Å². The maximum atomic E-state index is 13.8. The van der Waals surface area contributed by atoms with Crippen LogP contribution in [-0.4, -0.2) is 77.7 Å². The van der Waals surface area contributed by atoms with Gasteiger partial charge < -0.3 is 20.1 Å². The molecular formula is C31H35N7O4S. The topological polar surface area (TPSA) is 134 Å². The van der Waals surface area contributed by atoms with Crippen molar-refractivity contribution in [3.05, 3.63) is 95.1 Å². The van der Waals surface area contributed by atoms with Crippen molar-refractivity contribution in [3.63, 3.8) is 0 Å². The van der Waals surface area contributed by atoms with E-state index in [1.807, 2.05) is 26.0 Å². The zero-order valence-electron chi connectivity index (χ0n) is 24.4. The third-order valence-corrected chi connectivity index (χ3v) is 10.4. The first-order valence-corrected chi connectivity index (χ1v) is 15.7. The Morgan fingerprint density at radius 1 is 1.00 bits per heavy atom. The van der Waals surface area contributed by atoms with Gasteiger partial charge in [0.2, 0.25) is 10.0 Å². The minimum absolute atomic E-state index is 0.0309. The first-order valence-electron chi connectivity index (χ1n) is 14.3. The number of rotatable bonds is 8. The molecule has 224 valence electrons. The molecule has 12 heteroatoms. The molecule has 1 amide bonds. The highest BCUT2D eigenvalue weighted by Crippen LogP contribution is 2.42. The summed E-state index contributed by atoms with van der Waals surface area (Å²) in [6.07, 6.45) is 1.64. The largest absolute Gasteiger partial charge is 0.369 e. The molecule has 0 aliphatic carbocycles. The van der Waals surface area contributed by atoms with Gasteiger partial charge in [0.05, 0.1) is 28.2 Å². The lowest BCUT2D eigenvalue weighted by Crippen LogP contribution is -2.44. The highest BCUT2D eigenvalue weighted by Gasteiger charge is 2.48. The molecule has 0 bridgehead atoms. The Morgan fingerprint density at radius 2 is 1.74 bits per heavy atom. The summed E-state index contributed by atoms with van der Waals surface area (Å²) >= 11 is 0. The van der Waals surface area contributed by atoms with Gasteiger partial charge in [0.1, 0.15) is 5.69 Å². The van der Waals surface area contributed by atoms with Crippen LogP contribution >= 0.6 is 0 Å². The summed E-state index contributed by atoms with van der Waals surface area (Å²) in [6, 6.07) is 17.3. The van der Waals surface area contributed by atoms with Crippen LogP contribution in [0.3, 0.4) is 0 Å². The first-order chi connectivity index (χ1) is 20.6. The number of aromatic nitrogens is 3. The number of nitrogens with one attached hydrogen (secondary N) is 3. The van der Waals surface area contributed by atoms with E-state index in [1.165, 1.54) is 4.31 Å². The molecule has 0 saturated carbocycles. The summed E-state index contributed by atoms with van der Waals surface area (Å²) in [6.45, 7) is 7.25. The first kappa shape index (κ1) is 28.8. The number of sulfonamides is 1. The Balaban J connectivity index is 1.28. The second-order valence-corrected chi connectivity index (χ2v) is 13.4. The molecule has 2 aliphatic heterocycles. The van der Waals surface area contributed by atoms with Crippen molar-refractivity contribution >= 4 is 33.1 Å². The van der Waals surface area contributed by atoms with Gasteiger partial charge in [0.25, 0.3) is 5.91 Å². The number of Topliss-reactive ketones (excluding diaryl/α,β-unsaturated/α-hetero) is 1. The van der Waals surface area contributed by atoms with Gasteiger partial charge in [-0.3, -0.25) is 14.7 Å². The van der Waals surface area contributed by atoms with E-state index in [0.717, 1.165) is 31.9 Å². The Hall–Kier alpha value is -4.26. The number of likely N-dealkylation sites (N-methyl/N-ethyl adjacent to an activating group) is 1. The summed E-state index contributed by atoms with van der Waals surface area (Å²) in [5.74, 6) is -0.569. The zero-order chi connectivity index (χ0) is 30.4. The predicted molar refractivity (Wildman–Crippen MR) is 164 cm³/mol. The molecule has 1 saturated heterocycles. The van der Waals surface area contributed by atoms with E-state index < -0.39 is 15.6 Å². The van der Waals surface area contributed by atoms with E-state index in [9.17, 15) is 18.0 Å². The fourth-order valence-corrected chi connectivity index (χ4v) is 7.59.